The number of benzene rings is 2. The molecule has 0 heterocycles. The van der Waals surface area contributed by atoms with Crippen LogP contribution < -0.4 is 9.47 Å². The molecule has 3 atom stereocenters. The number of carbonyl (C=O) groups is 2. The number of hydrogen-bond donors (Lipinski definition) is 0. The van der Waals surface area contributed by atoms with E-state index in [2.05, 4.69) is 38.1 Å². The number of esters is 1. The fourth-order valence-corrected chi connectivity index (χ4v) is 4.84. The highest BCUT2D eigenvalue weighted by Crippen LogP contribution is 2.48. The zero-order valence-electron chi connectivity index (χ0n) is 19.3. The molecule has 0 aromatic heterocycles. The number of ketones is 1. The Kier molecular flexibility index (Phi) is 7.19. The van der Waals surface area contributed by atoms with E-state index < -0.39 is 0 Å². The van der Waals surface area contributed by atoms with Crippen LogP contribution in [0, 0.1) is 17.8 Å². The number of rotatable bonds is 5. The van der Waals surface area contributed by atoms with E-state index in [0.717, 1.165) is 18.1 Å². The molecule has 3 unspecified atom stereocenters. The molecule has 0 spiro atoms. The summed E-state index contributed by atoms with van der Waals surface area (Å²) in [5, 5.41) is 0. The van der Waals surface area contributed by atoms with Crippen molar-refractivity contribution in [2.45, 2.75) is 58.8 Å². The second kappa shape index (κ2) is 9.67. The van der Waals surface area contributed by atoms with Crippen LogP contribution in [0.4, 0.5) is 0 Å². The minimum atomic E-state index is -0.139. The largest absolute Gasteiger partial charge is 0.497 e. The topological polar surface area (TPSA) is 52.6 Å². The van der Waals surface area contributed by atoms with Crippen molar-refractivity contribution in [1.82, 2.24) is 0 Å². The first-order valence-corrected chi connectivity index (χ1v) is 11.1. The van der Waals surface area contributed by atoms with E-state index >= 15 is 0 Å². The van der Waals surface area contributed by atoms with Gasteiger partial charge in [-0.15, -0.1) is 0 Å². The molecule has 4 heteroatoms. The predicted molar refractivity (Wildman–Crippen MR) is 122 cm³/mol. The highest BCUT2D eigenvalue weighted by molar-refractivity contribution is 5.76. The van der Waals surface area contributed by atoms with Crippen molar-refractivity contribution in [3.63, 3.8) is 0 Å². The van der Waals surface area contributed by atoms with Crippen LogP contribution in [0.25, 0.3) is 0 Å². The van der Waals surface area contributed by atoms with E-state index in [1.807, 2.05) is 24.3 Å². The van der Waals surface area contributed by atoms with E-state index in [0.29, 0.717) is 11.7 Å². The maximum absolute atomic E-state index is 12.5. The minimum Gasteiger partial charge on any atom is -0.497 e. The number of Topliss-reactive ketones (excluding diaryl/α,β-unsaturated/α-hetero) is 1. The summed E-state index contributed by atoms with van der Waals surface area (Å²) in [4.78, 5) is 22.0. The van der Waals surface area contributed by atoms with E-state index in [9.17, 15) is 9.59 Å². The minimum absolute atomic E-state index is 0.0376. The molecule has 4 nitrogen and oxygen atoms in total. The maximum atomic E-state index is 12.5. The fourth-order valence-electron chi connectivity index (χ4n) is 4.84. The van der Waals surface area contributed by atoms with Gasteiger partial charge in [-0.3, -0.25) is 4.79 Å². The molecular weight excluding hydrogens is 388 g/mol. The van der Waals surface area contributed by atoms with Crippen molar-refractivity contribution in [1.29, 1.82) is 0 Å². The van der Waals surface area contributed by atoms with E-state index in [1.165, 1.54) is 44.2 Å². The molecule has 2 bridgehead atoms. The monoisotopic (exact) mass is 422 g/mol. The molecule has 0 N–H and O–H groups in total. The number of methoxy groups -OCH3 is 1. The summed E-state index contributed by atoms with van der Waals surface area (Å²) < 4.78 is 11.0. The Hall–Kier alpha value is -2.62. The van der Waals surface area contributed by atoms with Crippen LogP contribution in [0.2, 0.25) is 0 Å². The lowest BCUT2D eigenvalue weighted by atomic mass is 9.78. The second-order valence-electron chi connectivity index (χ2n) is 9.49. The summed E-state index contributed by atoms with van der Waals surface area (Å²) in [6.07, 6.45) is 4.73. The van der Waals surface area contributed by atoms with Crippen LogP contribution in [-0.2, 0) is 15.0 Å². The van der Waals surface area contributed by atoms with Crippen molar-refractivity contribution >= 4 is 11.8 Å². The van der Waals surface area contributed by atoms with E-state index in [1.54, 1.807) is 7.11 Å². The molecule has 31 heavy (non-hydrogen) atoms. The van der Waals surface area contributed by atoms with Gasteiger partial charge in [-0.05, 0) is 80.3 Å². The third-order valence-corrected chi connectivity index (χ3v) is 6.65. The van der Waals surface area contributed by atoms with Crippen LogP contribution in [0.3, 0.4) is 0 Å². The van der Waals surface area contributed by atoms with Gasteiger partial charge >= 0.3 is 5.97 Å². The average Bonchev–Trinajstić information content (AvgIpc) is 3.37. The van der Waals surface area contributed by atoms with Crippen LogP contribution in [0.15, 0.2) is 48.5 Å². The summed E-state index contributed by atoms with van der Waals surface area (Å²) in [6.45, 7) is 7.45. The normalized spacial score (nSPS) is 21.8. The molecule has 166 valence electrons. The Morgan fingerprint density at radius 3 is 1.77 bits per heavy atom. The lowest BCUT2D eigenvalue weighted by Gasteiger charge is -2.26. The van der Waals surface area contributed by atoms with Gasteiger partial charge in [0.05, 0.1) is 13.0 Å². The van der Waals surface area contributed by atoms with Gasteiger partial charge in [-0.1, -0.05) is 44.5 Å². The maximum Gasteiger partial charge on any atom is 0.314 e. The lowest BCUT2D eigenvalue weighted by molar-refractivity contribution is -0.140. The Morgan fingerprint density at radius 2 is 1.35 bits per heavy atom. The van der Waals surface area contributed by atoms with Crippen molar-refractivity contribution in [2.24, 2.45) is 17.8 Å². The van der Waals surface area contributed by atoms with Crippen LogP contribution in [0.1, 0.15) is 64.5 Å². The molecule has 2 saturated carbocycles. The van der Waals surface area contributed by atoms with Crippen LogP contribution in [0.5, 0.6) is 11.5 Å². The van der Waals surface area contributed by atoms with Gasteiger partial charge < -0.3 is 14.3 Å². The molecule has 0 radical (unpaired) electrons. The van der Waals surface area contributed by atoms with Crippen molar-refractivity contribution in [3.8, 4) is 11.5 Å². The average molecular weight is 423 g/mol. The first-order valence-electron chi connectivity index (χ1n) is 11.1. The van der Waals surface area contributed by atoms with Gasteiger partial charge in [0.2, 0.25) is 0 Å². The Labute approximate surface area is 186 Å². The quantitative estimate of drug-likeness (QED) is 0.441. The van der Waals surface area contributed by atoms with Crippen LogP contribution >= 0.6 is 0 Å². The molecule has 2 aliphatic rings. The highest BCUT2D eigenvalue weighted by atomic mass is 16.5. The molecule has 2 aromatic carbocycles. The van der Waals surface area contributed by atoms with E-state index in [4.69, 9.17) is 9.47 Å². The molecular formula is C27H34O4. The molecule has 2 fully saturated rings. The van der Waals surface area contributed by atoms with Gasteiger partial charge in [-0.25, -0.2) is 0 Å². The van der Waals surface area contributed by atoms with Crippen molar-refractivity contribution in [2.75, 3.05) is 7.11 Å². The number of fused-ring (bicyclic) bond motifs is 2. The van der Waals surface area contributed by atoms with E-state index in [-0.39, 0.29) is 23.1 Å². The number of ether oxygens (including phenoxy) is 2. The number of carbonyl (C=O) groups excluding carboxylic acids is 2. The molecule has 0 aliphatic heterocycles. The molecule has 2 aliphatic carbocycles. The van der Waals surface area contributed by atoms with Gasteiger partial charge in [0, 0.05) is 5.41 Å². The Morgan fingerprint density at radius 1 is 0.839 bits per heavy atom. The highest BCUT2D eigenvalue weighted by Gasteiger charge is 2.44. The smallest absolute Gasteiger partial charge is 0.314 e. The van der Waals surface area contributed by atoms with Gasteiger partial charge in [0.15, 0.2) is 0 Å². The Bertz CT molecular complexity index is 892. The van der Waals surface area contributed by atoms with Crippen molar-refractivity contribution in [3.05, 3.63) is 59.7 Å². The zero-order chi connectivity index (χ0) is 22.6. The first-order chi connectivity index (χ1) is 14.7. The molecule has 0 saturated heterocycles. The SMILES string of the molecule is CC(C)=O.COc1ccc(C(C)(C)c2ccc(OC(=O)C3CC4CCC3C4)cc2)cc1. The molecule has 0 amide bonds. The van der Waals surface area contributed by atoms with Gasteiger partial charge in [0.1, 0.15) is 17.3 Å². The Balaban J connectivity index is 0.000000628. The second-order valence-corrected chi connectivity index (χ2v) is 9.49. The third kappa shape index (κ3) is 5.55. The summed E-state index contributed by atoms with van der Waals surface area (Å²) in [7, 11) is 1.68. The first kappa shape index (κ1) is 23.1. The zero-order valence-corrected chi connectivity index (χ0v) is 19.3. The van der Waals surface area contributed by atoms with Gasteiger partial charge in [-0.2, -0.15) is 0 Å². The molecule has 2 aromatic rings. The molecule has 4 rings (SSSR count). The lowest BCUT2D eigenvalue weighted by Crippen LogP contribution is -2.25. The standard InChI is InChI=1S/C24H28O3.C3H6O/c1-24(2,18-6-10-20(26-3)11-7-18)19-8-12-21(13-9-19)27-23(25)22-15-16-4-5-17(22)14-16;1-3(2)4/h6-13,16-17,22H,4-5,14-15H2,1-3H3;1-2H3. The predicted octanol–water partition coefficient (Wildman–Crippen LogP) is 5.96. The summed E-state index contributed by atoms with van der Waals surface area (Å²) >= 11 is 0. The number of hydrogen-bond acceptors (Lipinski definition) is 4. The summed E-state index contributed by atoms with van der Waals surface area (Å²) in [5.41, 5.74) is 2.27. The van der Waals surface area contributed by atoms with Gasteiger partial charge in [0.25, 0.3) is 0 Å². The fraction of sp³-hybridized carbons (Fsp3) is 0.481. The third-order valence-electron chi connectivity index (χ3n) is 6.65. The van der Waals surface area contributed by atoms with Crippen molar-refractivity contribution < 1.29 is 19.1 Å². The summed E-state index contributed by atoms with van der Waals surface area (Å²) in [6, 6.07) is 16.1. The van der Waals surface area contributed by atoms with Crippen LogP contribution in [-0.4, -0.2) is 18.9 Å². The summed E-state index contributed by atoms with van der Waals surface area (Å²) in [5.74, 6) is 3.05.